The summed E-state index contributed by atoms with van der Waals surface area (Å²) in [5, 5.41) is 68.9. The fraction of sp³-hybridized carbons (Fsp3) is 0.491. The van der Waals surface area contributed by atoms with E-state index in [1.807, 2.05) is 0 Å². The molecule has 0 aromatic heterocycles. The number of ketones is 1. The fourth-order valence-electron chi connectivity index (χ4n) is 11.1. The van der Waals surface area contributed by atoms with Crippen molar-refractivity contribution in [1.29, 1.82) is 0 Å². The smallest absolute Gasteiger partial charge is 0.338 e. The van der Waals surface area contributed by atoms with Crippen LogP contribution in [-0.2, 0) is 61.9 Å². The molecule has 5 aliphatic rings. The van der Waals surface area contributed by atoms with Crippen LogP contribution in [0.25, 0.3) is 0 Å². The Balaban J connectivity index is 1.22. The molecule has 1 amide bonds. The van der Waals surface area contributed by atoms with Crippen molar-refractivity contribution in [3.05, 3.63) is 119 Å². The summed E-state index contributed by atoms with van der Waals surface area (Å²) in [5.74, 6) is -8.88. The number of esters is 5. The Labute approximate surface area is 429 Å². The lowest BCUT2D eigenvalue weighted by atomic mass is 9.48. The number of hydrogen-bond acceptors (Lipinski definition) is 21. The maximum Gasteiger partial charge on any atom is 0.338 e. The van der Waals surface area contributed by atoms with Gasteiger partial charge in [-0.1, -0.05) is 66.7 Å². The molecule has 22 nitrogen and oxygen atoms in total. The second-order valence-corrected chi connectivity index (χ2v) is 19.7. The maximum atomic E-state index is 16.0. The van der Waals surface area contributed by atoms with E-state index in [1.165, 1.54) is 50.2 Å². The Morgan fingerprint density at radius 3 is 2.03 bits per heavy atom. The lowest BCUT2D eigenvalue weighted by Gasteiger charge is -2.65. The number of aliphatic hydroxyl groups excluding tert-OH is 5. The van der Waals surface area contributed by atoms with Crippen LogP contribution >= 0.6 is 0 Å². The predicted molar refractivity (Wildman–Crippen MR) is 252 cm³/mol. The molecular formula is C53H59NO21. The highest BCUT2D eigenvalue weighted by Gasteiger charge is 2.77. The van der Waals surface area contributed by atoms with Gasteiger partial charge in [0, 0.05) is 38.7 Å². The number of amides is 1. The van der Waals surface area contributed by atoms with Crippen LogP contribution in [0.4, 0.5) is 0 Å². The standard InChI is InChI=1S/C53H59NO21/c1-26-32-21-52(67,22-33(26)71-49(66)40(60)38(29-14-8-5-9-15-29)54-47(64)30-16-10-6-11-17-30)46(74-48(65)31-18-12-7-13-19-31)44-51(4,45(63)43(32)70-27(2)56)35(20-36-53(44,25-69-36)75-28(3)57)73-37(58)24-68-50-42(62)41(61)39(59)34(23-55)72-50/h5-19,33-36,38-44,46,50,55,59-62,67H,20-25H2,1-4H3,(H,54,64)/t33?,34?,35-,36+,38-,39?,40+,41?,42?,43+,44?,46-,50?,51+,52+,53-/m0/s1. The van der Waals surface area contributed by atoms with Crippen LogP contribution in [0.15, 0.2) is 102 Å². The summed E-state index contributed by atoms with van der Waals surface area (Å²) in [6.45, 7) is 2.52. The number of carbonyl (C=O) groups is 7. The molecular weight excluding hydrogens is 987 g/mol. The molecule has 22 heteroatoms. The van der Waals surface area contributed by atoms with E-state index >= 15 is 4.79 Å². The molecule has 402 valence electrons. The number of rotatable bonds is 15. The summed E-state index contributed by atoms with van der Waals surface area (Å²) >= 11 is 0. The van der Waals surface area contributed by atoms with E-state index in [4.69, 9.17) is 37.9 Å². The predicted octanol–water partition coefficient (Wildman–Crippen LogP) is 0.467. The third-order valence-corrected chi connectivity index (χ3v) is 14.9. The molecule has 4 fully saturated rings. The molecule has 2 saturated carbocycles. The largest absolute Gasteiger partial charge is 0.459 e. The first-order chi connectivity index (χ1) is 35.6. The first kappa shape index (κ1) is 54.8. The van der Waals surface area contributed by atoms with Crippen LogP contribution < -0.4 is 5.32 Å². The van der Waals surface area contributed by atoms with Crippen molar-refractivity contribution in [2.75, 3.05) is 19.8 Å². The van der Waals surface area contributed by atoms with E-state index < -0.39 is 177 Å². The summed E-state index contributed by atoms with van der Waals surface area (Å²) in [7, 11) is 0. The maximum absolute atomic E-state index is 16.0. The van der Waals surface area contributed by atoms with E-state index in [2.05, 4.69) is 5.32 Å². The third kappa shape index (κ3) is 10.6. The Kier molecular flexibility index (Phi) is 16.1. The molecule has 3 aromatic carbocycles. The SMILES string of the molecule is CC(=O)O[C@H]1C(=O)[C@@]2(C)C([C@H](OC(=O)c3ccccc3)[C@@]3(O)CC1=C(C)C(OC(=O)[C@H](O)[C@@H](NC(=O)c1ccccc1)c1ccccc1)C3)[C@]1(OC(C)=O)CO[C@@H]1C[C@@H]2OC(=O)COC1OC(CO)C(O)C(O)C1O. The molecule has 2 bridgehead atoms. The van der Waals surface area contributed by atoms with Gasteiger partial charge in [0.15, 0.2) is 29.9 Å². The van der Waals surface area contributed by atoms with Crippen molar-refractivity contribution in [1.82, 2.24) is 5.32 Å². The van der Waals surface area contributed by atoms with Gasteiger partial charge in [0.05, 0.1) is 36.2 Å². The second-order valence-electron chi connectivity index (χ2n) is 19.7. The molecule has 8 rings (SSSR count). The van der Waals surface area contributed by atoms with Gasteiger partial charge in [-0.05, 0) is 54.8 Å². The molecule has 3 aliphatic carbocycles. The van der Waals surface area contributed by atoms with Gasteiger partial charge in [0.1, 0.15) is 61.0 Å². The van der Waals surface area contributed by atoms with E-state index in [0.29, 0.717) is 5.56 Å². The number of benzene rings is 3. The first-order valence-corrected chi connectivity index (χ1v) is 24.2. The normalized spacial score (nSPS) is 33.8. The summed E-state index contributed by atoms with van der Waals surface area (Å²) in [6.07, 6.45) is -20.9. The van der Waals surface area contributed by atoms with Gasteiger partial charge in [0.25, 0.3) is 5.91 Å². The third-order valence-electron chi connectivity index (χ3n) is 14.9. The van der Waals surface area contributed by atoms with Crippen molar-refractivity contribution in [3.63, 3.8) is 0 Å². The molecule has 2 aliphatic heterocycles. The molecule has 2 heterocycles. The second kappa shape index (κ2) is 22.0. The van der Waals surface area contributed by atoms with Crippen LogP contribution in [0.1, 0.15) is 79.3 Å². The minimum absolute atomic E-state index is 0.0283. The topological polar surface area (TPSA) is 327 Å². The summed E-state index contributed by atoms with van der Waals surface area (Å²) in [5.41, 5.74) is -6.30. The molecule has 0 spiro atoms. The molecule has 2 saturated heterocycles. The fourth-order valence-corrected chi connectivity index (χ4v) is 11.1. The Hall–Kier alpha value is -6.47. The van der Waals surface area contributed by atoms with Crippen LogP contribution in [0.5, 0.6) is 0 Å². The monoisotopic (exact) mass is 1050 g/mol. The van der Waals surface area contributed by atoms with E-state index in [-0.39, 0.29) is 22.3 Å². The van der Waals surface area contributed by atoms with Crippen LogP contribution in [0.2, 0.25) is 0 Å². The zero-order chi connectivity index (χ0) is 54.1. The van der Waals surface area contributed by atoms with Crippen molar-refractivity contribution in [3.8, 4) is 0 Å². The van der Waals surface area contributed by atoms with E-state index in [9.17, 15) is 59.4 Å². The number of aliphatic hydroxyl groups is 6. The van der Waals surface area contributed by atoms with Gasteiger partial charge in [-0.2, -0.15) is 0 Å². The van der Waals surface area contributed by atoms with Gasteiger partial charge in [-0.25, -0.2) is 14.4 Å². The lowest BCUT2D eigenvalue weighted by molar-refractivity contribution is -0.342. The zero-order valence-corrected chi connectivity index (χ0v) is 41.2. The summed E-state index contributed by atoms with van der Waals surface area (Å²) in [6, 6.07) is 22.2. The molecule has 16 atom stereocenters. The summed E-state index contributed by atoms with van der Waals surface area (Å²) < 4.78 is 47.3. The number of hydrogen-bond donors (Lipinski definition) is 7. The minimum Gasteiger partial charge on any atom is -0.459 e. The molecule has 75 heavy (non-hydrogen) atoms. The van der Waals surface area contributed by atoms with Crippen molar-refractivity contribution in [2.24, 2.45) is 11.3 Å². The number of nitrogens with one attached hydrogen (secondary N) is 1. The highest BCUT2D eigenvalue weighted by atomic mass is 16.7. The molecule has 7 N–H and O–H groups in total. The van der Waals surface area contributed by atoms with Gasteiger partial charge < -0.3 is 73.9 Å². The van der Waals surface area contributed by atoms with Crippen molar-refractivity contribution < 1.29 is 102 Å². The number of Topliss-reactive ketones (excluding diaryl/α,β-unsaturated/α-hetero) is 1. The Morgan fingerprint density at radius 2 is 1.44 bits per heavy atom. The Bertz CT molecular complexity index is 2670. The highest BCUT2D eigenvalue weighted by Crippen LogP contribution is 2.62. The van der Waals surface area contributed by atoms with Gasteiger partial charge in [-0.3, -0.25) is 19.2 Å². The number of fused-ring (bicyclic) bond motifs is 5. The first-order valence-electron chi connectivity index (χ1n) is 24.2. The average Bonchev–Trinajstić information content (AvgIpc) is 3.39. The molecule has 3 aromatic rings. The minimum atomic E-state index is -2.48. The molecule has 0 radical (unpaired) electrons. The number of carbonyl (C=O) groups excluding carboxylic acids is 7. The quantitative estimate of drug-likeness (QED) is 0.0618. The van der Waals surface area contributed by atoms with Crippen LogP contribution in [0.3, 0.4) is 0 Å². The van der Waals surface area contributed by atoms with Crippen LogP contribution in [-0.4, -0.2) is 171 Å². The Morgan fingerprint density at radius 1 is 0.813 bits per heavy atom. The number of ether oxygens (including phenoxy) is 8. The lowest BCUT2D eigenvalue weighted by Crippen LogP contribution is -2.80. The van der Waals surface area contributed by atoms with Gasteiger partial charge in [-0.15, -0.1) is 0 Å². The van der Waals surface area contributed by atoms with Gasteiger partial charge >= 0.3 is 29.8 Å². The highest BCUT2D eigenvalue weighted by molar-refractivity contribution is 5.96. The van der Waals surface area contributed by atoms with Gasteiger partial charge in [0.2, 0.25) is 0 Å². The average molecular weight is 1050 g/mol. The van der Waals surface area contributed by atoms with Crippen LogP contribution in [0, 0.1) is 11.3 Å². The summed E-state index contributed by atoms with van der Waals surface area (Å²) in [4.78, 5) is 98.8. The van der Waals surface area contributed by atoms with E-state index in [0.717, 1.165) is 13.8 Å². The van der Waals surface area contributed by atoms with Crippen molar-refractivity contribution >= 4 is 41.5 Å². The molecule has 7 unspecified atom stereocenters. The zero-order valence-electron chi connectivity index (χ0n) is 41.2. The van der Waals surface area contributed by atoms with Crippen molar-refractivity contribution in [2.45, 2.75) is 132 Å². The van der Waals surface area contributed by atoms with E-state index in [1.54, 1.807) is 54.6 Å².